The van der Waals surface area contributed by atoms with Crippen LogP contribution < -0.4 is 9.62 Å². The summed E-state index contributed by atoms with van der Waals surface area (Å²) in [6.45, 7) is 11.7. The summed E-state index contributed by atoms with van der Waals surface area (Å²) in [6.07, 6.45) is 1.69. The van der Waals surface area contributed by atoms with Gasteiger partial charge >= 0.3 is 0 Å². The van der Waals surface area contributed by atoms with E-state index < -0.39 is 28.5 Å². The lowest BCUT2D eigenvalue weighted by Crippen LogP contribution is -2.54. The first-order chi connectivity index (χ1) is 20.0. The largest absolute Gasteiger partial charge is 0.352 e. The van der Waals surface area contributed by atoms with Gasteiger partial charge in [0.2, 0.25) is 11.8 Å². The summed E-state index contributed by atoms with van der Waals surface area (Å²) in [4.78, 5) is 29.2. The lowest BCUT2D eigenvalue weighted by atomic mass is 10.0. The van der Waals surface area contributed by atoms with Crippen LogP contribution in [0.15, 0.2) is 83.8 Å². The molecule has 0 saturated heterocycles. The summed E-state index contributed by atoms with van der Waals surface area (Å²) in [5, 5.41) is 3.01. The van der Waals surface area contributed by atoms with Crippen LogP contribution in [-0.4, -0.2) is 50.3 Å². The van der Waals surface area contributed by atoms with Gasteiger partial charge in [-0.15, -0.1) is 0 Å². The molecule has 0 fully saturated rings. The number of sulfonamides is 1. The SMILES string of the molecule is CC[C@H](C(=O)N[C@@H](C)CC)N(CCc1ccccc1)C(=O)CN(c1ccc(C(C)C)cc1)S(=O)(=O)c1ccc(C)cc1. The smallest absolute Gasteiger partial charge is 0.264 e. The van der Waals surface area contributed by atoms with Crippen LogP contribution in [-0.2, 0) is 26.0 Å². The minimum atomic E-state index is -4.09. The van der Waals surface area contributed by atoms with Crippen LogP contribution in [0.4, 0.5) is 5.69 Å². The Kier molecular flexibility index (Phi) is 11.7. The van der Waals surface area contributed by atoms with Crippen molar-refractivity contribution in [2.75, 3.05) is 17.4 Å². The highest BCUT2D eigenvalue weighted by atomic mass is 32.2. The van der Waals surface area contributed by atoms with Crippen LogP contribution in [0.5, 0.6) is 0 Å². The number of nitrogens with zero attached hydrogens (tertiary/aromatic N) is 2. The van der Waals surface area contributed by atoms with Gasteiger partial charge in [-0.1, -0.05) is 87.9 Å². The number of amides is 2. The molecule has 226 valence electrons. The number of rotatable bonds is 14. The molecule has 42 heavy (non-hydrogen) atoms. The maximum atomic E-state index is 14.2. The summed E-state index contributed by atoms with van der Waals surface area (Å²) < 4.78 is 29.2. The first-order valence-corrected chi connectivity index (χ1v) is 16.2. The van der Waals surface area contributed by atoms with Gasteiger partial charge in [0.25, 0.3) is 10.0 Å². The number of anilines is 1. The van der Waals surface area contributed by atoms with Crippen molar-refractivity contribution in [2.24, 2.45) is 0 Å². The Morgan fingerprint density at radius 3 is 2.00 bits per heavy atom. The van der Waals surface area contributed by atoms with Gasteiger partial charge in [-0.2, -0.15) is 0 Å². The molecule has 0 aliphatic heterocycles. The van der Waals surface area contributed by atoms with Crippen LogP contribution in [0.2, 0.25) is 0 Å². The van der Waals surface area contributed by atoms with E-state index in [4.69, 9.17) is 0 Å². The molecule has 2 atom stereocenters. The Labute approximate surface area is 252 Å². The highest BCUT2D eigenvalue weighted by molar-refractivity contribution is 7.92. The van der Waals surface area contributed by atoms with Crippen LogP contribution in [0.1, 0.15) is 70.1 Å². The van der Waals surface area contributed by atoms with Crippen molar-refractivity contribution < 1.29 is 18.0 Å². The van der Waals surface area contributed by atoms with Crippen LogP contribution in [0.25, 0.3) is 0 Å². The van der Waals surface area contributed by atoms with Crippen molar-refractivity contribution in [3.63, 3.8) is 0 Å². The molecule has 0 aromatic heterocycles. The standard InChI is InChI=1S/C34H45N3O4S/c1-7-27(6)35-34(39)32(8-2)36(23-22-28-12-10-9-11-13-28)33(38)24-37(30-18-16-29(17-19-30)25(3)4)42(40,41)31-20-14-26(5)15-21-31/h9-21,25,27,32H,7-8,22-24H2,1-6H3,(H,35,39)/t27-,32+/m0/s1. The van der Waals surface area contributed by atoms with E-state index in [0.717, 1.165) is 23.1 Å². The average Bonchev–Trinajstić information content (AvgIpc) is 2.98. The van der Waals surface area contributed by atoms with Gasteiger partial charge in [-0.3, -0.25) is 13.9 Å². The van der Waals surface area contributed by atoms with E-state index >= 15 is 0 Å². The quantitative estimate of drug-likeness (QED) is 0.246. The van der Waals surface area contributed by atoms with E-state index in [1.165, 1.54) is 4.31 Å². The van der Waals surface area contributed by atoms with E-state index in [-0.39, 0.29) is 29.3 Å². The fourth-order valence-electron chi connectivity index (χ4n) is 4.73. The highest BCUT2D eigenvalue weighted by Gasteiger charge is 2.33. The predicted octanol–water partition coefficient (Wildman–Crippen LogP) is 6.08. The third kappa shape index (κ3) is 8.44. The molecule has 3 aromatic rings. The van der Waals surface area contributed by atoms with Gasteiger partial charge in [0.05, 0.1) is 10.6 Å². The first-order valence-electron chi connectivity index (χ1n) is 14.8. The Bertz CT molecular complexity index is 1410. The van der Waals surface area contributed by atoms with E-state index in [1.807, 2.05) is 70.2 Å². The van der Waals surface area contributed by atoms with Gasteiger partial charge in [0.1, 0.15) is 12.6 Å². The van der Waals surface area contributed by atoms with E-state index in [9.17, 15) is 18.0 Å². The molecule has 3 aromatic carbocycles. The van der Waals surface area contributed by atoms with Crippen molar-refractivity contribution >= 4 is 27.5 Å². The summed E-state index contributed by atoms with van der Waals surface area (Å²) in [6, 6.07) is 22.9. The van der Waals surface area contributed by atoms with Gasteiger partial charge in [-0.05, 0) is 74.4 Å². The second kappa shape index (κ2) is 15.0. The zero-order valence-electron chi connectivity index (χ0n) is 25.7. The van der Waals surface area contributed by atoms with Crippen molar-refractivity contribution in [3.8, 4) is 0 Å². The van der Waals surface area contributed by atoms with Crippen molar-refractivity contribution in [1.82, 2.24) is 10.2 Å². The summed E-state index contributed by atoms with van der Waals surface area (Å²) in [7, 11) is -4.09. The average molecular weight is 592 g/mol. The van der Waals surface area contributed by atoms with E-state index in [2.05, 4.69) is 19.2 Å². The minimum Gasteiger partial charge on any atom is -0.352 e. The fourth-order valence-corrected chi connectivity index (χ4v) is 6.14. The molecule has 2 amide bonds. The zero-order chi connectivity index (χ0) is 30.9. The van der Waals surface area contributed by atoms with Crippen LogP contribution in [0.3, 0.4) is 0 Å². The lowest BCUT2D eigenvalue weighted by molar-refractivity contribution is -0.139. The maximum Gasteiger partial charge on any atom is 0.264 e. The molecule has 0 unspecified atom stereocenters. The molecule has 0 spiro atoms. The topological polar surface area (TPSA) is 86.8 Å². The van der Waals surface area contributed by atoms with Crippen molar-refractivity contribution in [3.05, 3.63) is 95.6 Å². The highest BCUT2D eigenvalue weighted by Crippen LogP contribution is 2.27. The lowest BCUT2D eigenvalue weighted by Gasteiger charge is -2.33. The second-order valence-corrected chi connectivity index (χ2v) is 13.0. The number of hydrogen-bond acceptors (Lipinski definition) is 4. The number of benzene rings is 3. The van der Waals surface area contributed by atoms with Crippen molar-refractivity contribution in [1.29, 1.82) is 0 Å². The van der Waals surface area contributed by atoms with Gasteiger partial charge in [-0.25, -0.2) is 8.42 Å². The molecule has 0 heterocycles. The van der Waals surface area contributed by atoms with E-state index in [0.29, 0.717) is 18.5 Å². The Hall–Kier alpha value is -3.65. The molecule has 7 nitrogen and oxygen atoms in total. The van der Waals surface area contributed by atoms with Gasteiger partial charge in [0.15, 0.2) is 0 Å². The third-order valence-corrected chi connectivity index (χ3v) is 9.39. The predicted molar refractivity (Wildman–Crippen MR) is 170 cm³/mol. The molecule has 0 aliphatic rings. The van der Waals surface area contributed by atoms with Crippen LogP contribution in [0, 0.1) is 6.92 Å². The molecular formula is C34H45N3O4S. The van der Waals surface area contributed by atoms with Crippen LogP contribution >= 0.6 is 0 Å². The molecule has 8 heteroatoms. The molecule has 0 saturated carbocycles. The number of hydrogen-bond donors (Lipinski definition) is 1. The normalized spacial score (nSPS) is 12.9. The first kappa shape index (κ1) is 32.9. The summed E-state index contributed by atoms with van der Waals surface area (Å²) in [5.41, 5.74) is 3.42. The Balaban J connectivity index is 2.02. The zero-order valence-corrected chi connectivity index (χ0v) is 26.5. The monoisotopic (exact) mass is 591 g/mol. The molecule has 3 rings (SSSR count). The fraction of sp³-hybridized carbons (Fsp3) is 0.412. The maximum absolute atomic E-state index is 14.2. The van der Waals surface area contributed by atoms with Crippen molar-refractivity contribution in [2.45, 2.75) is 83.7 Å². The number of aryl methyl sites for hydroxylation is 1. The molecular weight excluding hydrogens is 546 g/mol. The Morgan fingerprint density at radius 1 is 0.833 bits per heavy atom. The second-order valence-electron chi connectivity index (χ2n) is 11.1. The van der Waals surface area contributed by atoms with E-state index in [1.54, 1.807) is 41.3 Å². The molecule has 0 aliphatic carbocycles. The molecule has 1 N–H and O–H groups in total. The van der Waals surface area contributed by atoms with Gasteiger partial charge < -0.3 is 10.2 Å². The number of carbonyl (C=O) groups excluding carboxylic acids is 2. The summed E-state index contributed by atoms with van der Waals surface area (Å²) in [5.74, 6) is -0.395. The molecule has 0 radical (unpaired) electrons. The minimum absolute atomic E-state index is 0.0458. The Morgan fingerprint density at radius 2 is 1.45 bits per heavy atom. The number of nitrogens with one attached hydrogen (secondary N) is 1. The third-order valence-electron chi connectivity index (χ3n) is 7.61. The summed E-state index contributed by atoms with van der Waals surface area (Å²) >= 11 is 0. The number of carbonyl (C=O) groups is 2. The molecule has 0 bridgehead atoms. The van der Waals surface area contributed by atoms with Gasteiger partial charge in [0, 0.05) is 12.6 Å².